The molecule has 1 aliphatic carbocycles. The predicted octanol–water partition coefficient (Wildman–Crippen LogP) is 7.74. The molecule has 0 fully saturated rings. The van der Waals surface area contributed by atoms with E-state index in [0.717, 1.165) is 34.1 Å². The zero-order valence-corrected chi connectivity index (χ0v) is 20.6. The van der Waals surface area contributed by atoms with Crippen molar-refractivity contribution < 1.29 is 9.18 Å². The third kappa shape index (κ3) is 6.18. The number of benzene rings is 2. The summed E-state index contributed by atoms with van der Waals surface area (Å²) in [5, 5.41) is 3.11. The van der Waals surface area contributed by atoms with Crippen LogP contribution in [0.2, 0.25) is 0 Å². The van der Waals surface area contributed by atoms with E-state index in [4.69, 9.17) is 0 Å². The zero-order valence-electron chi connectivity index (χ0n) is 19.5. The smallest absolute Gasteiger partial charge is 0.232 e. The van der Waals surface area contributed by atoms with Crippen molar-refractivity contribution in [1.82, 2.24) is 0 Å². The van der Waals surface area contributed by atoms with Crippen molar-refractivity contribution >= 4 is 20.8 Å². The Hall–Kier alpha value is -2.77. The normalized spacial score (nSPS) is 15.3. The lowest BCUT2D eigenvalue weighted by atomic mass is 9.71. The zero-order chi connectivity index (χ0) is 24.0. The van der Waals surface area contributed by atoms with E-state index in [1.807, 2.05) is 54.6 Å². The third-order valence-electron chi connectivity index (χ3n) is 6.26. The molecule has 3 atom stereocenters. The largest absolute Gasteiger partial charge is 0.326 e. The molecule has 0 bridgehead atoms. The van der Waals surface area contributed by atoms with E-state index in [2.05, 4.69) is 41.6 Å². The first-order chi connectivity index (χ1) is 15.8. The summed E-state index contributed by atoms with van der Waals surface area (Å²) in [7, 11) is 2.70. The second-order valence-corrected chi connectivity index (χ2v) is 9.22. The minimum atomic E-state index is -0.516. The SMILES string of the molecule is C=C(C(C)C)C(C(=O)Nc1ccc(CP)cc1)C(C(=C)C1=CC=C(F)CC1)c1ccccc1. The summed E-state index contributed by atoms with van der Waals surface area (Å²) in [5.74, 6) is -0.943. The van der Waals surface area contributed by atoms with Crippen LogP contribution in [0, 0.1) is 11.8 Å². The van der Waals surface area contributed by atoms with Crippen LogP contribution >= 0.6 is 9.24 Å². The number of carbonyl (C=O) groups is 1. The molecule has 0 heterocycles. The number of hydrogen-bond acceptors (Lipinski definition) is 1. The molecule has 0 saturated carbocycles. The van der Waals surface area contributed by atoms with Crippen molar-refractivity contribution in [2.45, 2.75) is 38.8 Å². The highest BCUT2D eigenvalue weighted by Crippen LogP contribution is 2.42. The number of hydrogen-bond donors (Lipinski definition) is 1. The highest BCUT2D eigenvalue weighted by molar-refractivity contribution is 7.15. The van der Waals surface area contributed by atoms with Gasteiger partial charge in [-0.05, 0) is 59.0 Å². The van der Waals surface area contributed by atoms with Crippen molar-refractivity contribution in [3.05, 3.63) is 114 Å². The lowest BCUT2D eigenvalue weighted by molar-refractivity contribution is -0.119. The van der Waals surface area contributed by atoms with Crippen molar-refractivity contribution in [3.8, 4) is 0 Å². The minimum Gasteiger partial charge on any atom is -0.326 e. The van der Waals surface area contributed by atoms with Gasteiger partial charge in [0.1, 0.15) is 5.83 Å². The van der Waals surface area contributed by atoms with Crippen LogP contribution in [0.1, 0.15) is 43.7 Å². The Morgan fingerprint density at radius 2 is 1.70 bits per heavy atom. The highest BCUT2D eigenvalue weighted by atomic mass is 31.0. The van der Waals surface area contributed by atoms with Crippen LogP contribution in [0.4, 0.5) is 10.1 Å². The third-order valence-corrected chi connectivity index (χ3v) is 6.73. The average Bonchev–Trinajstić information content (AvgIpc) is 2.83. The van der Waals surface area contributed by atoms with Crippen LogP contribution in [-0.4, -0.2) is 5.91 Å². The van der Waals surface area contributed by atoms with Gasteiger partial charge in [-0.2, -0.15) is 0 Å². The number of anilines is 1. The van der Waals surface area contributed by atoms with E-state index in [1.165, 1.54) is 11.6 Å². The highest BCUT2D eigenvalue weighted by Gasteiger charge is 2.36. The lowest BCUT2D eigenvalue weighted by Gasteiger charge is -2.33. The average molecular weight is 462 g/mol. The molecule has 0 aliphatic heterocycles. The van der Waals surface area contributed by atoms with E-state index in [1.54, 1.807) is 6.08 Å². The Bertz CT molecular complexity index is 1070. The standard InChI is InChI=1S/C29H33FNOP/c1-19(2)20(3)28(29(32)31-26-16-10-22(18-33)11-17-26)27(24-8-6-5-7-9-24)21(4)23-12-14-25(30)15-13-23/h5-12,14,16-17,19,27-28H,3-4,13,15,18,33H2,1-2H3,(H,31,32). The lowest BCUT2D eigenvalue weighted by Crippen LogP contribution is -2.32. The Labute approximate surface area is 199 Å². The van der Waals surface area contributed by atoms with Crippen molar-refractivity contribution in [3.63, 3.8) is 0 Å². The first kappa shape index (κ1) is 24.9. The maximum atomic E-state index is 13.8. The topological polar surface area (TPSA) is 29.1 Å². The number of rotatable bonds is 9. The van der Waals surface area contributed by atoms with Crippen LogP contribution in [0.15, 0.2) is 102 Å². The molecule has 2 aromatic carbocycles. The Morgan fingerprint density at radius 1 is 1.03 bits per heavy atom. The van der Waals surface area contributed by atoms with Gasteiger partial charge in [-0.1, -0.05) is 81.1 Å². The van der Waals surface area contributed by atoms with Gasteiger partial charge in [-0.25, -0.2) is 4.39 Å². The number of carbonyl (C=O) groups excluding carboxylic acids is 1. The summed E-state index contributed by atoms with van der Waals surface area (Å²) < 4.78 is 13.7. The molecule has 33 heavy (non-hydrogen) atoms. The molecule has 3 unspecified atom stereocenters. The number of halogens is 1. The molecule has 0 saturated heterocycles. The molecule has 4 heteroatoms. The van der Waals surface area contributed by atoms with Gasteiger partial charge >= 0.3 is 0 Å². The van der Waals surface area contributed by atoms with Gasteiger partial charge in [0, 0.05) is 18.0 Å². The van der Waals surface area contributed by atoms with E-state index in [9.17, 15) is 9.18 Å². The summed E-state index contributed by atoms with van der Waals surface area (Å²) in [6.07, 6.45) is 5.10. The summed E-state index contributed by atoms with van der Waals surface area (Å²) in [5.41, 5.74) is 5.60. The summed E-state index contributed by atoms with van der Waals surface area (Å²) in [6.45, 7) is 12.9. The monoisotopic (exact) mass is 461 g/mol. The van der Waals surface area contributed by atoms with Gasteiger partial charge in [-0.15, -0.1) is 9.24 Å². The first-order valence-electron chi connectivity index (χ1n) is 11.4. The van der Waals surface area contributed by atoms with Crippen LogP contribution in [0.25, 0.3) is 0 Å². The molecule has 0 spiro atoms. The van der Waals surface area contributed by atoms with Gasteiger partial charge in [-0.3, -0.25) is 4.79 Å². The summed E-state index contributed by atoms with van der Waals surface area (Å²) in [6, 6.07) is 17.8. The molecular formula is C29H33FNOP. The second kappa shape index (κ2) is 11.4. The molecule has 0 aromatic heterocycles. The van der Waals surface area contributed by atoms with Gasteiger partial charge in [0.05, 0.1) is 5.92 Å². The van der Waals surface area contributed by atoms with Crippen LogP contribution in [0.3, 0.4) is 0 Å². The maximum absolute atomic E-state index is 13.8. The fraction of sp³-hybridized carbons (Fsp3) is 0.276. The fourth-order valence-electron chi connectivity index (χ4n) is 4.17. The fourth-order valence-corrected chi connectivity index (χ4v) is 4.44. The molecule has 1 aliphatic rings. The van der Waals surface area contributed by atoms with Gasteiger partial charge in [0.25, 0.3) is 0 Å². The molecule has 2 nitrogen and oxygen atoms in total. The van der Waals surface area contributed by atoms with Crippen molar-refractivity contribution in [2.75, 3.05) is 5.32 Å². The number of nitrogens with one attached hydrogen (secondary N) is 1. The number of allylic oxidation sites excluding steroid dienone is 5. The minimum absolute atomic E-state index is 0.108. The second-order valence-electron chi connectivity index (χ2n) is 8.82. The molecule has 172 valence electrons. The molecule has 0 radical (unpaired) electrons. The Morgan fingerprint density at radius 3 is 2.24 bits per heavy atom. The number of amides is 1. The summed E-state index contributed by atoms with van der Waals surface area (Å²) in [4.78, 5) is 13.8. The summed E-state index contributed by atoms with van der Waals surface area (Å²) >= 11 is 0. The quantitative estimate of drug-likeness (QED) is 0.300. The van der Waals surface area contributed by atoms with E-state index in [0.29, 0.717) is 12.8 Å². The Balaban J connectivity index is 2.03. The maximum Gasteiger partial charge on any atom is 0.232 e. The molecular weight excluding hydrogens is 428 g/mol. The van der Waals surface area contributed by atoms with Gasteiger partial charge in [0.2, 0.25) is 5.91 Å². The molecule has 1 N–H and O–H groups in total. The van der Waals surface area contributed by atoms with E-state index in [-0.39, 0.29) is 23.6 Å². The van der Waals surface area contributed by atoms with E-state index < -0.39 is 5.92 Å². The predicted molar refractivity (Wildman–Crippen MR) is 141 cm³/mol. The van der Waals surface area contributed by atoms with Gasteiger partial charge < -0.3 is 5.32 Å². The molecule has 2 aromatic rings. The van der Waals surface area contributed by atoms with Crippen LogP contribution in [0.5, 0.6) is 0 Å². The van der Waals surface area contributed by atoms with Crippen molar-refractivity contribution in [2.24, 2.45) is 11.8 Å². The van der Waals surface area contributed by atoms with Crippen LogP contribution < -0.4 is 5.32 Å². The van der Waals surface area contributed by atoms with Crippen LogP contribution in [-0.2, 0) is 11.0 Å². The first-order valence-corrected chi connectivity index (χ1v) is 12.2. The molecule has 3 rings (SSSR count). The van der Waals surface area contributed by atoms with Gasteiger partial charge in [0.15, 0.2) is 0 Å². The Kier molecular flexibility index (Phi) is 8.58. The van der Waals surface area contributed by atoms with Crippen molar-refractivity contribution in [1.29, 1.82) is 0 Å². The molecule has 1 amide bonds. The van der Waals surface area contributed by atoms with E-state index >= 15 is 0 Å².